The molecule has 0 aliphatic heterocycles. The van der Waals surface area contributed by atoms with Gasteiger partial charge in [0.1, 0.15) is 0 Å². The summed E-state index contributed by atoms with van der Waals surface area (Å²) in [5.74, 6) is 0.442. The highest BCUT2D eigenvalue weighted by Crippen LogP contribution is 2.22. The van der Waals surface area contributed by atoms with Gasteiger partial charge in [0.2, 0.25) is 0 Å². The van der Waals surface area contributed by atoms with E-state index in [4.69, 9.17) is 0 Å². The van der Waals surface area contributed by atoms with Crippen molar-refractivity contribution in [3.63, 3.8) is 0 Å². The van der Waals surface area contributed by atoms with Crippen LogP contribution >= 0.6 is 0 Å². The van der Waals surface area contributed by atoms with E-state index in [-0.39, 0.29) is 11.6 Å². The number of benzene rings is 2. The molecular formula is C20H20N4O. The molecule has 0 fully saturated rings. The van der Waals surface area contributed by atoms with E-state index in [0.29, 0.717) is 5.82 Å². The minimum Gasteiger partial charge on any atom is -0.325 e. The van der Waals surface area contributed by atoms with E-state index in [0.717, 1.165) is 23.5 Å². The summed E-state index contributed by atoms with van der Waals surface area (Å²) in [6.45, 7) is 4.75. The molecule has 0 spiro atoms. The number of para-hydroxylation sites is 2. The molecule has 1 amide bonds. The Labute approximate surface area is 147 Å². The number of anilines is 3. The van der Waals surface area contributed by atoms with Gasteiger partial charge in [0.25, 0.3) is 5.91 Å². The zero-order valence-corrected chi connectivity index (χ0v) is 14.3. The molecule has 2 aromatic carbocycles. The van der Waals surface area contributed by atoms with Gasteiger partial charge in [-0.1, -0.05) is 36.4 Å². The molecule has 0 radical (unpaired) electrons. The average Bonchev–Trinajstić information content (AvgIpc) is 2.66. The standard InChI is InChI=1S/C20H20N4O/c1-3-24(16-10-5-4-6-11-16)19-14-13-18(22-23-19)20(25)21-17-12-8-7-9-15(17)2/h4-14H,3H2,1-2H3,(H,21,25). The van der Waals surface area contributed by atoms with Gasteiger partial charge >= 0.3 is 0 Å². The van der Waals surface area contributed by atoms with Crippen LogP contribution in [0.4, 0.5) is 17.2 Å². The highest BCUT2D eigenvalue weighted by molar-refractivity contribution is 6.03. The fourth-order valence-corrected chi connectivity index (χ4v) is 2.57. The molecule has 0 unspecified atom stereocenters. The van der Waals surface area contributed by atoms with Crippen LogP contribution in [0, 0.1) is 6.92 Å². The summed E-state index contributed by atoms with van der Waals surface area (Å²) in [4.78, 5) is 14.4. The van der Waals surface area contributed by atoms with E-state index in [1.807, 2.05) is 79.4 Å². The van der Waals surface area contributed by atoms with Crippen molar-refractivity contribution in [2.75, 3.05) is 16.8 Å². The molecular weight excluding hydrogens is 312 g/mol. The molecule has 1 aromatic heterocycles. The van der Waals surface area contributed by atoms with Gasteiger partial charge < -0.3 is 10.2 Å². The number of nitrogens with zero attached hydrogens (tertiary/aromatic N) is 3. The van der Waals surface area contributed by atoms with Crippen molar-refractivity contribution in [3.8, 4) is 0 Å². The van der Waals surface area contributed by atoms with E-state index in [1.165, 1.54) is 0 Å². The lowest BCUT2D eigenvalue weighted by molar-refractivity contribution is 0.102. The number of hydrogen-bond donors (Lipinski definition) is 1. The van der Waals surface area contributed by atoms with E-state index in [1.54, 1.807) is 6.07 Å². The maximum atomic E-state index is 12.4. The molecule has 0 saturated carbocycles. The Morgan fingerprint density at radius 3 is 2.32 bits per heavy atom. The molecule has 3 aromatic rings. The minimum absolute atomic E-state index is 0.267. The predicted molar refractivity (Wildman–Crippen MR) is 100 cm³/mol. The zero-order valence-electron chi connectivity index (χ0n) is 14.3. The van der Waals surface area contributed by atoms with Crippen molar-refractivity contribution in [2.24, 2.45) is 0 Å². The van der Waals surface area contributed by atoms with E-state index >= 15 is 0 Å². The van der Waals surface area contributed by atoms with Crippen LogP contribution in [0.25, 0.3) is 0 Å². The smallest absolute Gasteiger partial charge is 0.276 e. The Balaban J connectivity index is 1.77. The molecule has 0 aliphatic rings. The maximum absolute atomic E-state index is 12.4. The third-order valence-corrected chi connectivity index (χ3v) is 3.94. The van der Waals surface area contributed by atoms with Crippen LogP contribution in [-0.2, 0) is 0 Å². The SMILES string of the molecule is CCN(c1ccccc1)c1ccc(C(=O)Nc2ccccc2C)nn1. The number of rotatable bonds is 5. The average molecular weight is 332 g/mol. The largest absolute Gasteiger partial charge is 0.325 e. The summed E-state index contributed by atoms with van der Waals surface area (Å²) in [6, 6.07) is 21.1. The van der Waals surface area contributed by atoms with Gasteiger partial charge in [-0.2, -0.15) is 0 Å². The van der Waals surface area contributed by atoms with Crippen LogP contribution in [0.5, 0.6) is 0 Å². The lowest BCUT2D eigenvalue weighted by Crippen LogP contribution is -2.20. The van der Waals surface area contributed by atoms with Gasteiger partial charge in [0.05, 0.1) is 0 Å². The maximum Gasteiger partial charge on any atom is 0.276 e. The second-order valence-electron chi connectivity index (χ2n) is 5.63. The first-order chi connectivity index (χ1) is 12.2. The Bertz CT molecular complexity index is 847. The molecule has 0 aliphatic carbocycles. The minimum atomic E-state index is -0.267. The van der Waals surface area contributed by atoms with Crippen molar-refractivity contribution >= 4 is 23.1 Å². The third-order valence-electron chi connectivity index (χ3n) is 3.94. The van der Waals surface area contributed by atoms with E-state index in [2.05, 4.69) is 15.5 Å². The second-order valence-corrected chi connectivity index (χ2v) is 5.63. The number of carbonyl (C=O) groups is 1. The topological polar surface area (TPSA) is 58.1 Å². The highest BCUT2D eigenvalue weighted by Gasteiger charge is 2.13. The number of nitrogens with one attached hydrogen (secondary N) is 1. The van der Waals surface area contributed by atoms with Crippen LogP contribution in [0.15, 0.2) is 66.7 Å². The first-order valence-electron chi connectivity index (χ1n) is 8.22. The van der Waals surface area contributed by atoms with Crippen molar-refractivity contribution in [2.45, 2.75) is 13.8 Å². The van der Waals surface area contributed by atoms with E-state index in [9.17, 15) is 4.79 Å². The predicted octanol–water partition coefficient (Wildman–Crippen LogP) is 4.20. The number of hydrogen-bond acceptors (Lipinski definition) is 4. The van der Waals surface area contributed by atoms with Crippen molar-refractivity contribution in [1.29, 1.82) is 0 Å². The van der Waals surface area contributed by atoms with Gasteiger partial charge in [-0.15, -0.1) is 10.2 Å². The summed E-state index contributed by atoms with van der Waals surface area (Å²) in [7, 11) is 0. The quantitative estimate of drug-likeness (QED) is 0.761. The summed E-state index contributed by atoms with van der Waals surface area (Å²) >= 11 is 0. The van der Waals surface area contributed by atoms with Crippen LogP contribution in [-0.4, -0.2) is 22.6 Å². The van der Waals surface area contributed by atoms with Crippen LogP contribution in [0.1, 0.15) is 23.0 Å². The van der Waals surface area contributed by atoms with Crippen LogP contribution < -0.4 is 10.2 Å². The van der Waals surface area contributed by atoms with Crippen LogP contribution in [0.3, 0.4) is 0 Å². The van der Waals surface area contributed by atoms with Crippen molar-refractivity contribution < 1.29 is 4.79 Å². The molecule has 0 bridgehead atoms. The molecule has 1 heterocycles. The lowest BCUT2D eigenvalue weighted by Gasteiger charge is -2.21. The Morgan fingerprint density at radius 2 is 1.68 bits per heavy atom. The first kappa shape index (κ1) is 16.6. The monoisotopic (exact) mass is 332 g/mol. The van der Waals surface area contributed by atoms with Gasteiger partial charge in [-0.25, -0.2) is 0 Å². The Hall–Kier alpha value is -3.21. The van der Waals surface area contributed by atoms with Crippen LogP contribution in [0.2, 0.25) is 0 Å². The van der Waals surface area contributed by atoms with Crippen molar-refractivity contribution in [1.82, 2.24) is 10.2 Å². The summed E-state index contributed by atoms with van der Waals surface area (Å²) in [5.41, 5.74) is 3.10. The van der Waals surface area contributed by atoms with Gasteiger partial charge in [-0.3, -0.25) is 4.79 Å². The van der Waals surface area contributed by atoms with Crippen molar-refractivity contribution in [3.05, 3.63) is 78.0 Å². The lowest BCUT2D eigenvalue weighted by atomic mass is 10.2. The molecule has 0 atom stereocenters. The third kappa shape index (κ3) is 3.83. The molecule has 126 valence electrons. The van der Waals surface area contributed by atoms with E-state index < -0.39 is 0 Å². The first-order valence-corrected chi connectivity index (χ1v) is 8.22. The van der Waals surface area contributed by atoms with Gasteiger partial charge in [0.15, 0.2) is 11.5 Å². The molecule has 1 N–H and O–H groups in total. The molecule has 5 nitrogen and oxygen atoms in total. The number of aromatic nitrogens is 2. The fourth-order valence-electron chi connectivity index (χ4n) is 2.57. The van der Waals surface area contributed by atoms with Gasteiger partial charge in [0, 0.05) is 17.9 Å². The number of aryl methyl sites for hydroxylation is 1. The van der Waals surface area contributed by atoms with Gasteiger partial charge in [-0.05, 0) is 49.7 Å². The number of carbonyl (C=O) groups excluding carboxylic acids is 1. The second kappa shape index (κ2) is 7.57. The zero-order chi connectivity index (χ0) is 17.6. The Kier molecular flexibility index (Phi) is 5.04. The summed E-state index contributed by atoms with van der Waals surface area (Å²) < 4.78 is 0. The molecule has 25 heavy (non-hydrogen) atoms. The number of amides is 1. The molecule has 0 saturated heterocycles. The molecule has 3 rings (SSSR count). The fraction of sp³-hybridized carbons (Fsp3) is 0.150. The summed E-state index contributed by atoms with van der Waals surface area (Å²) in [5, 5.41) is 11.2. The normalized spacial score (nSPS) is 10.3. The summed E-state index contributed by atoms with van der Waals surface area (Å²) in [6.07, 6.45) is 0. The highest BCUT2D eigenvalue weighted by atomic mass is 16.1. The molecule has 5 heteroatoms. The Morgan fingerprint density at radius 1 is 0.960 bits per heavy atom.